The van der Waals surface area contributed by atoms with E-state index in [0.29, 0.717) is 17.2 Å². The molecule has 1 heterocycles. The van der Waals surface area contributed by atoms with Crippen LogP contribution in [0.4, 0.5) is 0 Å². The zero-order chi connectivity index (χ0) is 14.7. The van der Waals surface area contributed by atoms with Gasteiger partial charge in [0, 0.05) is 10.4 Å². The Labute approximate surface area is 140 Å². The van der Waals surface area contributed by atoms with Gasteiger partial charge in [0.25, 0.3) is 0 Å². The molecule has 20 heavy (non-hydrogen) atoms. The Morgan fingerprint density at radius 3 is 2.60 bits per heavy atom. The molecule has 0 radical (unpaired) electrons. The molecule has 0 aliphatic rings. The molecular formula is C14H13Br2ClN2O. The van der Waals surface area contributed by atoms with E-state index in [-0.39, 0.29) is 11.8 Å². The molecule has 106 valence electrons. The molecule has 6 heteroatoms. The van der Waals surface area contributed by atoms with E-state index >= 15 is 0 Å². The molecule has 2 aromatic rings. The number of benzene rings is 1. The molecule has 0 bridgehead atoms. The van der Waals surface area contributed by atoms with E-state index in [1.165, 1.54) is 0 Å². The molecule has 0 saturated carbocycles. The van der Waals surface area contributed by atoms with Gasteiger partial charge in [0.2, 0.25) is 0 Å². The van der Waals surface area contributed by atoms with Gasteiger partial charge in [-0.2, -0.15) is 0 Å². The number of hydrogen-bond acceptors (Lipinski definition) is 3. The molecule has 0 fully saturated rings. The summed E-state index contributed by atoms with van der Waals surface area (Å²) in [4.78, 5) is 8.75. The summed E-state index contributed by atoms with van der Waals surface area (Å²) in [5.74, 6) is 2.58. The average Bonchev–Trinajstić information content (AvgIpc) is 2.42. The van der Waals surface area contributed by atoms with E-state index in [2.05, 4.69) is 41.8 Å². The van der Waals surface area contributed by atoms with E-state index in [4.69, 9.17) is 16.3 Å². The lowest BCUT2D eigenvalue weighted by molar-refractivity contribution is 0.467. The lowest BCUT2D eigenvalue weighted by Gasteiger charge is -2.12. The number of ether oxygens (including phenoxy) is 1. The highest BCUT2D eigenvalue weighted by atomic mass is 79.9. The highest BCUT2D eigenvalue weighted by Gasteiger charge is 2.12. The van der Waals surface area contributed by atoms with Crippen molar-refractivity contribution in [3.05, 3.63) is 44.9 Å². The number of halogens is 3. The summed E-state index contributed by atoms with van der Waals surface area (Å²) < 4.78 is 7.66. The minimum atomic E-state index is 0.255. The highest BCUT2D eigenvalue weighted by molar-refractivity contribution is 9.11. The summed E-state index contributed by atoms with van der Waals surface area (Å²) in [6.45, 7) is 4.08. The lowest BCUT2D eigenvalue weighted by atomic mass is 10.2. The van der Waals surface area contributed by atoms with Gasteiger partial charge >= 0.3 is 0 Å². The number of rotatable bonds is 4. The average molecular weight is 421 g/mol. The molecule has 0 saturated heterocycles. The van der Waals surface area contributed by atoms with Crippen molar-refractivity contribution in [2.45, 2.75) is 25.6 Å². The first-order valence-electron chi connectivity index (χ1n) is 6.06. The van der Waals surface area contributed by atoms with Crippen LogP contribution in [0.5, 0.6) is 11.5 Å². The van der Waals surface area contributed by atoms with Crippen LogP contribution in [0, 0.1) is 0 Å². The second-order valence-electron chi connectivity index (χ2n) is 4.50. The number of nitrogens with zero attached hydrogens (tertiary/aromatic N) is 2. The summed E-state index contributed by atoms with van der Waals surface area (Å²) in [5, 5.41) is 0. The van der Waals surface area contributed by atoms with Crippen LogP contribution in [0.3, 0.4) is 0 Å². The molecule has 0 N–H and O–H groups in total. The fourth-order valence-corrected chi connectivity index (χ4v) is 2.88. The Hall–Kier alpha value is -0.650. The molecule has 0 atom stereocenters. The summed E-state index contributed by atoms with van der Waals surface area (Å²) in [7, 11) is 0. The Balaban J connectivity index is 2.33. The molecule has 0 spiro atoms. The first-order valence-corrected chi connectivity index (χ1v) is 8.18. The third kappa shape index (κ3) is 3.71. The second-order valence-corrected chi connectivity index (χ2v) is 6.54. The van der Waals surface area contributed by atoms with Gasteiger partial charge in [-0.1, -0.05) is 29.8 Å². The van der Waals surface area contributed by atoms with Gasteiger partial charge in [-0.3, -0.25) is 0 Å². The Kier molecular flexibility index (Phi) is 5.41. The van der Waals surface area contributed by atoms with Crippen molar-refractivity contribution in [2.75, 3.05) is 0 Å². The monoisotopic (exact) mass is 418 g/mol. The molecule has 0 amide bonds. The Bertz CT molecular complexity index is 620. The van der Waals surface area contributed by atoms with Crippen molar-refractivity contribution in [1.29, 1.82) is 0 Å². The van der Waals surface area contributed by atoms with Gasteiger partial charge in [-0.25, -0.2) is 9.97 Å². The van der Waals surface area contributed by atoms with Gasteiger partial charge in [-0.15, -0.1) is 11.6 Å². The predicted octanol–water partition coefficient (Wildman–Crippen LogP) is 5.66. The standard InChI is InChI=1S/C14H13Br2ClN2O/c1-8(2)14-18-7-13(11(6-17)19-14)20-12-4-3-9(15)5-10(12)16/h3-5,7-8H,6H2,1-2H3. The fourth-order valence-electron chi connectivity index (χ4n) is 1.56. The normalized spacial score (nSPS) is 10.9. The number of hydrogen-bond donors (Lipinski definition) is 0. The van der Waals surface area contributed by atoms with Crippen LogP contribution in [0.2, 0.25) is 0 Å². The van der Waals surface area contributed by atoms with Crippen LogP contribution in [0.1, 0.15) is 31.3 Å². The Morgan fingerprint density at radius 2 is 2.00 bits per heavy atom. The Morgan fingerprint density at radius 1 is 1.25 bits per heavy atom. The summed E-state index contributed by atoms with van der Waals surface area (Å²) in [5.41, 5.74) is 0.695. The molecule has 0 unspecified atom stereocenters. The van der Waals surface area contributed by atoms with Gasteiger partial charge in [0.15, 0.2) is 5.75 Å². The van der Waals surface area contributed by atoms with E-state index in [0.717, 1.165) is 14.8 Å². The maximum absolute atomic E-state index is 5.95. The molecule has 2 rings (SSSR count). The number of aromatic nitrogens is 2. The molecule has 3 nitrogen and oxygen atoms in total. The minimum Gasteiger partial charge on any atom is -0.453 e. The summed E-state index contributed by atoms with van der Waals surface area (Å²) >= 11 is 12.8. The van der Waals surface area contributed by atoms with E-state index in [9.17, 15) is 0 Å². The van der Waals surface area contributed by atoms with Crippen LogP contribution in [-0.4, -0.2) is 9.97 Å². The van der Waals surface area contributed by atoms with Crippen LogP contribution < -0.4 is 4.74 Å². The predicted molar refractivity (Wildman–Crippen MR) is 87.6 cm³/mol. The third-order valence-electron chi connectivity index (χ3n) is 2.60. The van der Waals surface area contributed by atoms with Crippen LogP contribution in [0.25, 0.3) is 0 Å². The van der Waals surface area contributed by atoms with Crippen molar-refractivity contribution in [1.82, 2.24) is 9.97 Å². The topological polar surface area (TPSA) is 35.0 Å². The van der Waals surface area contributed by atoms with Crippen LogP contribution in [-0.2, 0) is 5.88 Å². The largest absolute Gasteiger partial charge is 0.453 e. The number of alkyl halides is 1. The van der Waals surface area contributed by atoms with Gasteiger partial charge in [-0.05, 0) is 34.1 Å². The zero-order valence-electron chi connectivity index (χ0n) is 11.0. The first kappa shape index (κ1) is 15.7. The van der Waals surface area contributed by atoms with E-state index < -0.39 is 0 Å². The summed E-state index contributed by atoms with van der Waals surface area (Å²) in [6.07, 6.45) is 1.68. The smallest absolute Gasteiger partial charge is 0.168 e. The maximum atomic E-state index is 5.95. The van der Waals surface area contributed by atoms with Crippen molar-refractivity contribution >= 4 is 43.5 Å². The lowest BCUT2D eigenvalue weighted by Crippen LogP contribution is -2.02. The highest BCUT2D eigenvalue weighted by Crippen LogP contribution is 2.33. The van der Waals surface area contributed by atoms with Gasteiger partial charge in [0.05, 0.1) is 16.5 Å². The second kappa shape index (κ2) is 6.87. The zero-order valence-corrected chi connectivity index (χ0v) is 15.0. The van der Waals surface area contributed by atoms with Crippen molar-refractivity contribution in [3.8, 4) is 11.5 Å². The third-order valence-corrected chi connectivity index (χ3v) is 3.97. The van der Waals surface area contributed by atoms with E-state index in [1.807, 2.05) is 32.0 Å². The van der Waals surface area contributed by atoms with Gasteiger partial charge in [0.1, 0.15) is 17.3 Å². The van der Waals surface area contributed by atoms with Gasteiger partial charge < -0.3 is 4.74 Å². The molecule has 1 aromatic heterocycles. The molecular weight excluding hydrogens is 407 g/mol. The fraction of sp³-hybridized carbons (Fsp3) is 0.286. The molecule has 0 aliphatic heterocycles. The molecule has 0 aliphatic carbocycles. The quantitative estimate of drug-likeness (QED) is 0.599. The van der Waals surface area contributed by atoms with Crippen LogP contribution >= 0.6 is 43.5 Å². The van der Waals surface area contributed by atoms with Crippen LogP contribution in [0.15, 0.2) is 33.3 Å². The van der Waals surface area contributed by atoms with Crippen molar-refractivity contribution < 1.29 is 4.74 Å². The molecule has 1 aromatic carbocycles. The maximum Gasteiger partial charge on any atom is 0.168 e. The summed E-state index contributed by atoms with van der Waals surface area (Å²) in [6, 6.07) is 5.69. The van der Waals surface area contributed by atoms with Crippen molar-refractivity contribution in [2.24, 2.45) is 0 Å². The SMILES string of the molecule is CC(C)c1ncc(Oc2ccc(Br)cc2Br)c(CCl)n1. The van der Waals surface area contributed by atoms with E-state index in [1.54, 1.807) is 6.20 Å². The van der Waals surface area contributed by atoms with Crippen molar-refractivity contribution in [3.63, 3.8) is 0 Å². The first-order chi connectivity index (χ1) is 9.51. The minimum absolute atomic E-state index is 0.255.